The monoisotopic (exact) mass is 176 g/mol. The zero-order valence-electron chi connectivity index (χ0n) is 8.68. The summed E-state index contributed by atoms with van der Waals surface area (Å²) < 4.78 is 0. The van der Waals surface area contributed by atoms with Crippen LogP contribution in [0.3, 0.4) is 0 Å². The van der Waals surface area contributed by atoms with Crippen LogP contribution in [0.2, 0.25) is 0 Å². The summed E-state index contributed by atoms with van der Waals surface area (Å²) >= 11 is 0. The van der Waals surface area contributed by atoms with Crippen LogP contribution in [0, 0.1) is 17.8 Å². The van der Waals surface area contributed by atoms with Crippen LogP contribution in [0.25, 0.3) is 0 Å². The lowest BCUT2D eigenvalue weighted by molar-refractivity contribution is 0.461. The fraction of sp³-hybridized carbons (Fsp3) is 0.846. The Kier molecular flexibility index (Phi) is 1.78. The molecule has 0 N–H and O–H groups in total. The largest absolute Gasteiger partial charge is 0.0710 e. The third-order valence-corrected chi connectivity index (χ3v) is 4.56. The van der Waals surface area contributed by atoms with Crippen molar-refractivity contribution in [1.29, 1.82) is 0 Å². The van der Waals surface area contributed by atoms with E-state index in [4.69, 9.17) is 0 Å². The first-order valence-corrected chi connectivity index (χ1v) is 6.04. The molecule has 3 unspecified atom stereocenters. The fourth-order valence-corrected chi connectivity index (χ4v) is 3.28. The number of hydrogen-bond acceptors (Lipinski definition) is 0. The van der Waals surface area contributed by atoms with Crippen LogP contribution in [0.1, 0.15) is 51.9 Å². The number of allylic oxidation sites excluding steroid dienone is 2. The highest BCUT2D eigenvalue weighted by Crippen LogP contribution is 2.52. The summed E-state index contributed by atoms with van der Waals surface area (Å²) in [6.07, 6.45) is 10.4. The van der Waals surface area contributed by atoms with Crippen LogP contribution in [0.15, 0.2) is 11.1 Å². The van der Waals surface area contributed by atoms with E-state index < -0.39 is 0 Å². The Morgan fingerprint density at radius 1 is 1.08 bits per heavy atom. The minimum Gasteiger partial charge on any atom is -0.0710 e. The second kappa shape index (κ2) is 2.87. The molecule has 0 saturated heterocycles. The minimum atomic E-state index is 1.07. The molecule has 0 aromatic heterocycles. The molecule has 0 heteroatoms. The van der Waals surface area contributed by atoms with Gasteiger partial charge in [0.1, 0.15) is 0 Å². The van der Waals surface area contributed by atoms with Gasteiger partial charge >= 0.3 is 0 Å². The molecular formula is C13H20. The molecular weight excluding hydrogens is 156 g/mol. The molecule has 0 spiro atoms. The van der Waals surface area contributed by atoms with Crippen molar-refractivity contribution in [2.45, 2.75) is 51.9 Å². The van der Waals surface area contributed by atoms with Gasteiger partial charge in [0, 0.05) is 0 Å². The van der Waals surface area contributed by atoms with Gasteiger partial charge in [-0.2, -0.15) is 0 Å². The quantitative estimate of drug-likeness (QED) is 0.531. The zero-order valence-corrected chi connectivity index (χ0v) is 8.68. The van der Waals surface area contributed by atoms with E-state index in [2.05, 4.69) is 6.92 Å². The van der Waals surface area contributed by atoms with Gasteiger partial charge in [0.15, 0.2) is 0 Å². The van der Waals surface area contributed by atoms with Crippen LogP contribution in [-0.2, 0) is 0 Å². The molecule has 3 atom stereocenters. The van der Waals surface area contributed by atoms with Gasteiger partial charge in [0.05, 0.1) is 0 Å². The molecule has 0 bridgehead atoms. The molecule has 3 saturated carbocycles. The maximum Gasteiger partial charge on any atom is -0.0286 e. The molecule has 0 amide bonds. The van der Waals surface area contributed by atoms with E-state index >= 15 is 0 Å². The third-order valence-electron chi connectivity index (χ3n) is 4.56. The van der Waals surface area contributed by atoms with Gasteiger partial charge in [-0.3, -0.25) is 0 Å². The van der Waals surface area contributed by atoms with Crippen molar-refractivity contribution in [3.63, 3.8) is 0 Å². The van der Waals surface area contributed by atoms with Crippen molar-refractivity contribution in [3.05, 3.63) is 11.1 Å². The van der Waals surface area contributed by atoms with Crippen molar-refractivity contribution >= 4 is 0 Å². The van der Waals surface area contributed by atoms with E-state index in [0.29, 0.717) is 0 Å². The summed E-state index contributed by atoms with van der Waals surface area (Å²) in [6.45, 7) is 2.43. The molecule has 0 heterocycles. The van der Waals surface area contributed by atoms with Gasteiger partial charge in [-0.05, 0) is 62.7 Å². The molecule has 0 aromatic rings. The normalized spacial score (nSPS) is 43.6. The maximum absolute atomic E-state index is 2.43. The highest BCUT2D eigenvalue weighted by molar-refractivity contribution is 5.23. The molecule has 0 aliphatic heterocycles. The van der Waals surface area contributed by atoms with Crippen LogP contribution in [0.5, 0.6) is 0 Å². The van der Waals surface area contributed by atoms with Gasteiger partial charge in [-0.15, -0.1) is 0 Å². The van der Waals surface area contributed by atoms with Crippen molar-refractivity contribution < 1.29 is 0 Å². The summed E-state index contributed by atoms with van der Waals surface area (Å²) in [6, 6.07) is 0. The summed E-state index contributed by atoms with van der Waals surface area (Å²) in [5.74, 6) is 3.28. The second-order valence-corrected chi connectivity index (χ2v) is 5.44. The highest BCUT2D eigenvalue weighted by Gasteiger charge is 2.41. The van der Waals surface area contributed by atoms with Crippen molar-refractivity contribution in [2.75, 3.05) is 0 Å². The lowest BCUT2D eigenvalue weighted by Crippen LogP contribution is -2.01. The molecule has 0 aromatic carbocycles. The second-order valence-electron chi connectivity index (χ2n) is 5.44. The molecule has 3 aliphatic rings. The predicted molar refractivity (Wildman–Crippen MR) is 55.5 cm³/mol. The average Bonchev–Trinajstić information content (AvgIpc) is 2.58. The molecule has 3 aliphatic carbocycles. The standard InChI is InChI=1S/C13H20/c1-9-7-13(9)12-6-5-11(8-12)10-3-2-4-10/h9,12-13H,2-8H2,1H3. The number of rotatable bonds is 1. The summed E-state index contributed by atoms with van der Waals surface area (Å²) in [7, 11) is 0. The Balaban J connectivity index is 1.65. The summed E-state index contributed by atoms with van der Waals surface area (Å²) in [4.78, 5) is 0. The average molecular weight is 176 g/mol. The van der Waals surface area contributed by atoms with E-state index in [1.165, 1.54) is 44.9 Å². The third kappa shape index (κ3) is 1.35. The Hall–Kier alpha value is -0.260. The molecule has 0 radical (unpaired) electrons. The van der Waals surface area contributed by atoms with E-state index in [1.807, 2.05) is 11.1 Å². The van der Waals surface area contributed by atoms with Crippen molar-refractivity contribution in [3.8, 4) is 0 Å². The Labute approximate surface area is 81.4 Å². The summed E-state index contributed by atoms with van der Waals surface area (Å²) in [5, 5.41) is 0. The summed E-state index contributed by atoms with van der Waals surface area (Å²) in [5.41, 5.74) is 3.74. The molecule has 3 fully saturated rings. The first-order chi connectivity index (χ1) is 6.34. The van der Waals surface area contributed by atoms with E-state index in [-0.39, 0.29) is 0 Å². The first-order valence-electron chi connectivity index (χ1n) is 6.04. The Morgan fingerprint density at radius 3 is 2.38 bits per heavy atom. The minimum absolute atomic E-state index is 1.07. The van der Waals surface area contributed by atoms with Gasteiger partial charge in [0.2, 0.25) is 0 Å². The molecule has 13 heavy (non-hydrogen) atoms. The van der Waals surface area contributed by atoms with Crippen LogP contribution < -0.4 is 0 Å². The maximum atomic E-state index is 2.43. The topological polar surface area (TPSA) is 0 Å². The highest BCUT2D eigenvalue weighted by atomic mass is 14.5. The predicted octanol–water partition coefficient (Wildman–Crippen LogP) is 3.92. The van der Waals surface area contributed by atoms with Gasteiger partial charge < -0.3 is 0 Å². The first kappa shape index (κ1) is 8.08. The van der Waals surface area contributed by atoms with E-state index in [1.54, 1.807) is 0 Å². The van der Waals surface area contributed by atoms with E-state index in [0.717, 1.165) is 17.8 Å². The fourth-order valence-electron chi connectivity index (χ4n) is 3.28. The van der Waals surface area contributed by atoms with Crippen molar-refractivity contribution in [1.82, 2.24) is 0 Å². The Morgan fingerprint density at radius 2 is 1.85 bits per heavy atom. The van der Waals surface area contributed by atoms with Crippen molar-refractivity contribution in [2.24, 2.45) is 17.8 Å². The Bertz CT molecular complexity index is 243. The number of hydrogen-bond donors (Lipinski definition) is 0. The van der Waals surface area contributed by atoms with Gasteiger partial charge in [-0.25, -0.2) is 0 Å². The molecule has 0 nitrogen and oxygen atoms in total. The smallest absolute Gasteiger partial charge is 0.0286 e. The van der Waals surface area contributed by atoms with E-state index in [9.17, 15) is 0 Å². The van der Waals surface area contributed by atoms with Crippen LogP contribution >= 0.6 is 0 Å². The molecule has 72 valence electrons. The lowest BCUT2D eigenvalue weighted by Gasteiger charge is -2.19. The SMILES string of the molecule is CC1CC1C1CCC(=C2CCC2)C1. The lowest BCUT2D eigenvalue weighted by atomic mass is 9.87. The van der Waals surface area contributed by atoms with Gasteiger partial charge in [0.25, 0.3) is 0 Å². The van der Waals surface area contributed by atoms with Crippen LogP contribution in [0.4, 0.5) is 0 Å². The van der Waals surface area contributed by atoms with Crippen LogP contribution in [-0.4, -0.2) is 0 Å². The zero-order chi connectivity index (χ0) is 8.84. The van der Waals surface area contributed by atoms with Gasteiger partial charge in [-0.1, -0.05) is 18.1 Å². The molecule has 3 rings (SSSR count).